The zero-order chi connectivity index (χ0) is 14.8. The lowest BCUT2D eigenvalue weighted by molar-refractivity contribution is 0.179. The molecule has 1 aliphatic rings. The van der Waals surface area contributed by atoms with Crippen LogP contribution in [0.25, 0.3) is 0 Å². The van der Waals surface area contributed by atoms with Gasteiger partial charge in [0.1, 0.15) is 0 Å². The Kier molecular flexibility index (Phi) is 4.97. The molecule has 2 rings (SSSR count). The molecule has 0 radical (unpaired) electrons. The second-order valence-corrected chi connectivity index (χ2v) is 7.65. The SMILES string of the molecule is COCc1nc(N2CCN(S(C)(=O)=O)CC2)sc1CO. The van der Waals surface area contributed by atoms with Crippen molar-refractivity contribution >= 4 is 26.5 Å². The van der Waals surface area contributed by atoms with Gasteiger partial charge in [-0.15, -0.1) is 0 Å². The van der Waals surface area contributed by atoms with Crippen LogP contribution in [0.5, 0.6) is 0 Å². The van der Waals surface area contributed by atoms with Gasteiger partial charge < -0.3 is 14.7 Å². The Bertz CT molecular complexity index is 550. The van der Waals surface area contributed by atoms with Crippen molar-refractivity contribution in [1.82, 2.24) is 9.29 Å². The first-order chi connectivity index (χ1) is 9.45. The standard InChI is InChI=1S/C11H19N3O4S2/c1-18-8-9-10(7-15)19-11(12-9)13-3-5-14(6-4-13)20(2,16)17/h15H,3-8H2,1-2H3. The van der Waals surface area contributed by atoms with Crippen LogP contribution in [0.4, 0.5) is 5.13 Å². The smallest absolute Gasteiger partial charge is 0.211 e. The molecule has 2 heterocycles. The number of aliphatic hydroxyl groups excluding tert-OH is 1. The van der Waals surface area contributed by atoms with Crippen LogP contribution in [0.2, 0.25) is 0 Å². The van der Waals surface area contributed by atoms with E-state index in [2.05, 4.69) is 4.98 Å². The average molecular weight is 321 g/mol. The molecular formula is C11H19N3O4S2. The number of anilines is 1. The zero-order valence-electron chi connectivity index (χ0n) is 11.6. The summed E-state index contributed by atoms with van der Waals surface area (Å²) in [6, 6.07) is 0. The van der Waals surface area contributed by atoms with Gasteiger partial charge in [0.05, 0.1) is 30.0 Å². The van der Waals surface area contributed by atoms with Crippen LogP contribution in [0.3, 0.4) is 0 Å². The molecule has 9 heteroatoms. The average Bonchev–Trinajstić information content (AvgIpc) is 2.81. The van der Waals surface area contributed by atoms with Crippen molar-refractivity contribution in [3.8, 4) is 0 Å². The molecule has 1 N–H and O–H groups in total. The molecular weight excluding hydrogens is 302 g/mol. The number of hydrogen-bond donors (Lipinski definition) is 1. The summed E-state index contributed by atoms with van der Waals surface area (Å²) < 4.78 is 29.5. The summed E-state index contributed by atoms with van der Waals surface area (Å²) in [6.45, 7) is 2.46. The second kappa shape index (κ2) is 6.35. The van der Waals surface area contributed by atoms with Crippen molar-refractivity contribution in [3.05, 3.63) is 10.6 Å². The summed E-state index contributed by atoms with van der Waals surface area (Å²) in [6.07, 6.45) is 1.23. The predicted molar refractivity (Wildman–Crippen MR) is 77.4 cm³/mol. The number of ether oxygens (including phenoxy) is 1. The quantitative estimate of drug-likeness (QED) is 0.813. The van der Waals surface area contributed by atoms with E-state index in [1.807, 2.05) is 4.90 Å². The number of sulfonamides is 1. The lowest BCUT2D eigenvalue weighted by atomic mass is 10.4. The lowest BCUT2D eigenvalue weighted by Gasteiger charge is -2.32. The van der Waals surface area contributed by atoms with Gasteiger partial charge in [0.25, 0.3) is 0 Å². The highest BCUT2D eigenvalue weighted by Gasteiger charge is 2.25. The molecule has 0 aliphatic carbocycles. The van der Waals surface area contributed by atoms with Crippen LogP contribution in [0.15, 0.2) is 0 Å². The zero-order valence-corrected chi connectivity index (χ0v) is 13.2. The third kappa shape index (κ3) is 3.47. The first-order valence-electron chi connectivity index (χ1n) is 6.24. The van der Waals surface area contributed by atoms with Crippen molar-refractivity contribution < 1.29 is 18.3 Å². The number of hydrogen-bond acceptors (Lipinski definition) is 7. The predicted octanol–water partition coefficient (Wildman–Crippen LogP) is -0.137. The molecule has 1 aromatic rings. The van der Waals surface area contributed by atoms with Gasteiger partial charge in [-0.05, 0) is 0 Å². The number of aromatic nitrogens is 1. The van der Waals surface area contributed by atoms with Crippen molar-refractivity contribution in [1.29, 1.82) is 0 Å². The minimum Gasteiger partial charge on any atom is -0.391 e. The van der Waals surface area contributed by atoms with Gasteiger partial charge in [-0.3, -0.25) is 0 Å². The number of piperazine rings is 1. The number of methoxy groups -OCH3 is 1. The molecule has 0 aromatic carbocycles. The van der Waals surface area contributed by atoms with E-state index in [-0.39, 0.29) is 6.61 Å². The molecule has 0 spiro atoms. The molecule has 7 nitrogen and oxygen atoms in total. The highest BCUT2D eigenvalue weighted by Crippen LogP contribution is 2.28. The van der Waals surface area contributed by atoms with Crippen molar-refractivity contribution in [2.45, 2.75) is 13.2 Å². The Morgan fingerprint density at radius 1 is 1.35 bits per heavy atom. The molecule has 20 heavy (non-hydrogen) atoms. The highest BCUT2D eigenvalue weighted by atomic mass is 32.2. The van der Waals surface area contributed by atoms with Gasteiger partial charge in [0.15, 0.2) is 5.13 Å². The monoisotopic (exact) mass is 321 g/mol. The fraction of sp³-hybridized carbons (Fsp3) is 0.727. The van der Waals surface area contributed by atoms with Gasteiger partial charge in [-0.1, -0.05) is 11.3 Å². The number of nitrogens with zero attached hydrogens (tertiary/aromatic N) is 3. The molecule has 0 unspecified atom stereocenters. The molecule has 114 valence electrons. The van der Waals surface area contributed by atoms with E-state index >= 15 is 0 Å². The minimum atomic E-state index is -3.12. The summed E-state index contributed by atoms with van der Waals surface area (Å²) in [4.78, 5) is 7.32. The van der Waals surface area contributed by atoms with E-state index in [0.29, 0.717) is 32.8 Å². The Labute approximate surface area is 122 Å². The summed E-state index contributed by atoms with van der Waals surface area (Å²) in [5.74, 6) is 0. The third-order valence-electron chi connectivity index (χ3n) is 3.17. The molecule has 0 saturated carbocycles. The van der Waals surface area contributed by atoms with Crippen LogP contribution in [0, 0.1) is 0 Å². The molecule has 0 atom stereocenters. The normalized spacial score (nSPS) is 17.6. The summed E-state index contributed by atoms with van der Waals surface area (Å²) in [5.41, 5.74) is 0.751. The molecule has 0 amide bonds. The van der Waals surface area contributed by atoms with E-state index < -0.39 is 10.0 Å². The fourth-order valence-corrected chi connectivity index (χ4v) is 3.89. The number of thiazole rings is 1. The van der Waals surface area contributed by atoms with Crippen LogP contribution < -0.4 is 4.90 Å². The first kappa shape index (κ1) is 15.6. The number of rotatable bonds is 5. The van der Waals surface area contributed by atoms with Gasteiger partial charge in [0.2, 0.25) is 10.0 Å². The Morgan fingerprint density at radius 3 is 2.50 bits per heavy atom. The fourth-order valence-electron chi connectivity index (χ4n) is 2.09. The maximum absolute atomic E-state index is 11.5. The largest absolute Gasteiger partial charge is 0.391 e. The second-order valence-electron chi connectivity index (χ2n) is 4.61. The van der Waals surface area contributed by atoms with Crippen molar-refractivity contribution in [3.63, 3.8) is 0 Å². The molecule has 1 aliphatic heterocycles. The maximum Gasteiger partial charge on any atom is 0.211 e. The number of aliphatic hydroxyl groups is 1. The van der Waals surface area contributed by atoms with Crippen LogP contribution in [-0.4, -0.2) is 62.4 Å². The van der Waals surface area contributed by atoms with E-state index in [1.165, 1.54) is 21.9 Å². The highest BCUT2D eigenvalue weighted by molar-refractivity contribution is 7.88. The van der Waals surface area contributed by atoms with Crippen LogP contribution in [0.1, 0.15) is 10.6 Å². The third-order valence-corrected chi connectivity index (χ3v) is 5.62. The van der Waals surface area contributed by atoms with Crippen LogP contribution >= 0.6 is 11.3 Å². The first-order valence-corrected chi connectivity index (χ1v) is 8.90. The van der Waals surface area contributed by atoms with Crippen molar-refractivity contribution in [2.24, 2.45) is 0 Å². The Hall–Kier alpha value is -0.740. The van der Waals surface area contributed by atoms with Gasteiger partial charge >= 0.3 is 0 Å². The topological polar surface area (TPSA) is 83.0 Å². The Balaban J connectivity index is 2.07. The molecule has 0 bridgehead atoms. The summed E-state index contributed by atoms with van der Waals surface area (Å²) in [7, 11) is -1.53. The van der Waals surface area contributed by atoms with Crippen molar-refractivity contribution in [2.75, 3.05) is 44.4 Å². The van der Waals surface area contributed by atoms with E-state index in [4.69, 9.17) is 4.74 Å². The molecule has 1 aromatic heterocycles. The minimum absolute atomic E-state index is 0.0559. The maximum atomic E-state index is 11.5. The van der Waals surface area contributed by atoms with Gasteiger partial charge in [-0.2, -0.15) is 4.31 Å². The van der Waals surface area contributed by atoms with E-state index in [1.54, 1.807) is 7.11 Å². The van der Waals surface area contributed by atoms with E-state index in [9.17, 15) is 13.5 Å². The summed E-state index contributed by atoms with van der Waals surface area (Å²) in [5, 5.41) is 10.1. The molecule has 1 saturated heterocycles. The van der Waals surface area contributed by atoms with Crippen LogP contribution in [-0.2, 0) is 28.0 Å². The molecule has 1 fully saturated rings. The lowest BCUT2D eigenvalue weighted by Crippen LogP contribution is -2.48. The van der Waals surface area contributed by atoms with Gasteiger partial charge in [-0.25, -0.2) is 13.4 Å². The Morgan fingerprint density at radius 2 is 2.00 bits per heavy atom. The van der Waals surface area contributed by atoms with Gasteiger partial charge in [0, 0.05) is 33.3 Å². The summed E-state index contributed by atoms with van der Waals surface area (Å²) >= 11 is 1.43. The van der Waals surface area contributed by atoms with E-state index in [0.717, 1.165) is 15.7 Å².